The summed E-state index contributed by atoms with van der Waals surface area (Å²) in [5, 5.41) is 2.97. The van der Waals surface area contributed by atoms with Crippen molar-refractivity contribution >= 4 is 12.0 Å². The van der Waals surface area contributed by atoms with E-state index in [0.29, 0.717) is 6.54 Å². The molecule has 2 saturated heterocycles. The summed E-state index contributed by atoms with van der Waals surface area (Å²) in [6.07, 6.45) is 1.30. The number of nitrogens with one attached hydrogen (secondary N) is 1. The summed E-state index contributed by atoms with van der Waals surface area (Å²) in [4.78, 5) is 31.8. The van der Waals surface area contributed by atoms with Crippen LogP contribution >= 0.6 is 0 Å². The van der Waals surface area contributed by atoms with E-state index >= 15 is 0 Å². The Hall–Kier alpha value is -2.90. The van der Waals surface area contributed by atoms with Gasteiger partial charge in [0, 0.05) is 45.3 Å². The molecule has 0 aliphatic carbocycles. The average molecular weight is 493 g/mol. The van der Waals surface area contributed by atoms with Crippen LogP contribution in [0.2, 0.25) is 0 Å². The third-order valence-corrected chi connectivity index (χ3v) is 6.93. The molecule has 0 atom stereocenters. The highest BCUT2D eigenvalue weighted by molar-refractivity contribution is 5.78. The Kier molecular flexibility index (Phi) is 8.64. The van der Waals surface area contributed by atoms with Gasteiger partial charge in [0.05, 0.1) is 12.6 Å². The van der Waals surface area contributed by atoms with Crippen molar-refractivity contribution < 1.29 is 14.3 Å². The molecular weight excluding hydrogens is 452 g/mol. The molecule has 7 nitrogen and oxygen atoms in total. The van der Waals surface area contributed by atoms with Gasteiger partial charge in [0.25, 0.3) is 0 Å². The van der Waals surface area contributed by atoms with Crippen LogP contribution in [0.25, 0.3) is 0 Å². The van der Waals surface area contributed by atoms with Crippen LogP contribution in [0.4, 0.5) is 4.79 Å². The Bertz CT molecular complexity index is 937. The van der Waals surface area contributed by atoms with Crippen molar-refractivity contribution in [2.45, 2.75) is 51.3 Å². The van der Waals surface area contributed by atoms with Crippen LogP contribution in [-0.2, 0) is 9.53 Å². The lowest BCUT2D eigenvalue weighted by Gasteiger charge is -2.40. The predicted molar refractivity (Wildman–Crippen MR) is 142 cm³/mol. The van der Waals surface area contributed by atoms with Crippen molar-refractivity contribution in [3.05, 3.63) is 71.8 Å². The lowest BCUT2D eigenvalue weighted by atomic mass is 9.96. The van der Waals surface area contributed by atoms with E-state index in [1.807, 2.05) is 25.7 Å². The van der Waals surface area contributed by atoms with E-state index in [9.17, 15) is 9.59 Å². The number of nitrogens with zero attached hydrogens (tertiary/aromatic N) is 3. The minimum Gasteiger partial charge on any atom is -0.444 e. The van der Waals surface area contributed by atoms with E-state index in [2.05, 4.69) is 75.8 Å². The fraction of sp³-hybridized carbons (Fsp3) is 0.517. The van der Waals surface area contributed by atoms with Gasteiger partial charge in [-0.05, 0) is 44.7 Å². The summed E-state index contributed by atoms with van der Waals surface area (Å²) >= 11 is 0. The predicted octanol–water partition coefficient (Wildman–Crippen LogP) is 3.91. The molecule has 0 radical (unpaired) electrons. The number of likely N-dealkylation sites (tertiary alicyclic amines) is 1. The van der Waals surface area contributed by atoms with Crippen LogP contribution < -0.4 is 5.32 Å². The quantitative estimate of drug-likeness (QED) is 0.663. The number of amides is 2. The van der Waals surface area contributed by atoms with Crippen LogP contribution in [0.5, 0.6) is 0 Å². The third kappa shape index (κ3) is 7.31. The molecule has 2 aliphatic heterocycles. The zero-order valence-electron chi connectivity index (χ0n) is 21.9. The number of alkyl carbamates (subject to hydrolysis) is 1. The van der Waals surface area contributed by atoms with Crippen LogP contribution in [0.15, 0.2) is 60.7 Å². The molecule has 1 N–H and O–H groups in total. The summed E-state index contributed by atoms with van der Waals surface area (Å²) in [6.45, 7) is 10.8. The number of piperazine rings is 1. The minimum absolute atomic E-state index is 0.0997. The topological polar surface area (TPSA) is 65.1 Å². The number of benzene rings is 2. The van der Waals surface area contributed by atoms with Crippen LogP contribution in [0, 0.1) is 0 Å². The van der Waals surface area contributed by atoms with E-state index in [-0.39, 0.29) is 24.1 Å². The van der Waals surface area contributed by atoms with Gasteiger partial charge >= 0.3 is 6.09 Å². The minimum atomic E-state index is -0.497. The summed E-state index contributed by atoms with van der Waals surface area (Å²) in [6, 6.07) is 21.5. The van der Waals surface area contributed by atoms with Gasteiger partial charge in [-0.1, -0.05) is 60.7 Å². The summed E-state index contributed by atoms with van der Waals surface area (Å²) < 4.78 is 5.36. The lowest BCUT2D eigenvalue weighted by molar-refractivity contribution is -0.134. The zero-order chi connectivity index (χ0) is 25.5. The summed E-state index contributed by atoms with van der Waals surface area (Å²) in [5.74, 6) is 0.198. The molecule has 194 valence electrons. The highest BCUT2D eigenvalue weighted by Gasteiger charge is 2.30. The van der Waals surface area contributed by atoms with Gasteiger partial charge in [0.15, 0.2) is 0 Å². The van der Waals surface area contributed by atoms with Gasteiger partial charge in [-0.15, -0.1) is 0 Å². The number of rotatable bonds is 6. The molecule has 0 bridgehead atoms. The molecule has 0 saturated carbocycles. The van der Waals surface area contributed by atoms with Crippen molar-refractivity contribution in [3.63, 3.8) is 0 Å². The van der Waals surface area contributed by atoms with Crippen molar-refractivity contribution in [2.75, 3.05) is 45.8 Å². The maximum Gasteiger partial charge on any atom is 0.407 e. The smallest absolute Gasteiger partial charge is 0.407 e. The first-order valence-corrected chi connectivity index (χ1v) is 13.1. The average Bonchev–Trinajstić information content (AvgIpc) is 2.86. The van der Waals surface area contributed by atoms with Gasteiger partial charge in [-0.2, -0.15) is 0 Å². The second-order valence-electron chi connectivity index (χ2n) is 10.8. The lowest BCUT2D eigenvalue weighted by Crippen LogP contribution is -2.53. The van der Waals surface area contributed by atoms with Crippen molar-refractivity contribution in [1.82, 2.24) is 20.0 Å². The monoisotopic (exact) mass is 492 g/mol. The molecule has 2 aliphatic rings. The molecule has 4 rings (SSSR count). The van der Waals surface area contributed by atoms with Crippen molar-refractivity contribution in [2.24, 2.45) is 0 Å². The Labute approximate surface area is 215 Å². The number of ether oxygens (including phenoxy) is 1. The highest BCUT2D eigenvalue weighted by atomic mass is 16.6. The first-order chi connectivity index (χ1) is 17.3. The Morgan fingerprint density at radius 1 is 0.861 bits per heavy atom. The molecule has 36 heavy (non-hydrogen) atoms. The Morgan fingerprint density at radius 3 is 1.89 bits per heavy atom. The fourth-order valence-electron chi connectivity index (χ4n) is 5.12. The van der Waals surface area contributed by atoms with Crippen LogP contribution in [0.3, 0.4) is 0 Å². The Balaban J connectivity index is 1.25. The molecule has 2 amide bonds. The molecule has 2 aromatic carbocycles. The van der Waals surface area contributed by atoms with Gasteiger partial charge in [0.2, 0.25) is 5.91 Å². The third-order valence-electron chi connectivity index (χ3n) is 6.93. The van der Waals surface area contributed by atoms with Crippen LogP contribution in [0.1, 0.15) is 50.8 Å². The van der Waals surface area contributed by atoms with Crippen LogP contribution in [-0.4, -0.2) is 84.2 Å². The fourth-order valence-corrected chi connectivity index (χ4v) is 5.12. The van der Waals surface area contributed by atoms with E-state index in [1.54, 1.807) is 0 Å². The zero-order valence-corrected chi connectivity index (χ0v) is 21.9. The van der Waals surface area contributed by atoms with Gasteiger partial charge in [0.1, 0.15) is 5.60 Å². The van der Waals surface area contributed by atoms with E-state index < -0.39 is 5.60 Å². The summed E-state index contributed by atoms with van der Waals surface area (Å²) in [5.41, 5.74) is 2.07. The molecule has 2 fully saturated rings. The molecule has 0 unspecified atom stereocenters. The highest BCUT2D eigenvalue weighted by Crippen LogP contribution is 2.29. The number of piperidine rings is 1. The first kappa shape index (κ1) is 26.2. The Morgan fingerprint density at radius 2 is 1.39 bits per heavy atom. The van der Waals surface area contributed by atoms with Crippen molar-refractivity contribution in [1.29, 1.82) is 0 Å². The molecule has 0 spiro atoms. The standard InChI is InChI=1S/C29H40N4O3/c1-29(2,3)36-28(35)30-25-14-16-31(17-15-25)22-26(34)32-18-20-33(21-19-32)27(23-10-6-4-7-11-23)24-12-8-5-9-13-24/h4-13,25,27H,14-22H2,1-3H3,(H,30,35). The maximum absolute atomic E-state index is 13.1. The number of hydrogen-bond acceptors (Lipinski definition) is 5. The second-order valence-corrected chi connectivity index (χ2v) is 10.8. The first-order valence-electron chi connectivity index (χ1n) is 13.1. The number of carbonyl (C=O) groups excluding carboxylic acids is 2. The molecule has 7 heteroatoms. The van der Waals surface area contributed by atoms with Crippen molar-refractivity contribution in [3.8, 4) is 0 Å². The normalized spacial score (nSPS) is 18.3. The van der Waals surface area contributed by atoms with E-state index in [0.717, 1.165) is 52.1 Å². The van der Waals surface area contributed by atoms with Gasteiger partial charge in [-0.3, -0.25) is 14.6 Å². The van der Waals surface area contributed by atoms with E-state index in [4.69, 9.17) is 4.74 Å². The number of carbonyl (C=O) groups is 2. The number of hydrogen-bond donors (Lipinski definition) is 1. The maximum atomic E-state index is 13.1. The van der Waals surface area contributed by atoms with E-state index in [1.165, 1.54) is 11.1 Å². The summed E-state index contributed by atoms with van der Waals surface area (Å²) in [7, 11) is 0. The molecule has 2 aromatic rings. The SMILES string of the molecule is CC(C)(C)OC(=O)NC1CCN(CC(=O)N2CCN(C(c3ccccc3)c3ccccc3)CC2)CC1. The van der Waals surface area contributed by atoms with Gasteiger partial charge < -0.3 is 15.0 Å². The molecular formula is C29H40N4O3. The van der Waals surface area contributed by atoms with Gasteiger partial charge in [-0.25, -0.2) is 4.79 Å². The largest absolute Gasteiger partial charge is 0.444 e. The second kappa shape index (κ2) is 11.9. The molecule has 2 heterocycles. The molecule has 0 aromatic heterocycles.